The second kappa shape index (κ2) is 2.03. The predicted octanol–water partition coefficient (Wildman–Crippen LogP) is -0.290. The molecule has 1 amide bonds. The Balaban J connectivity index is 4.06. The number of hydrogen-bond acceptors (Lipinski definition) is 1. The Labute approximate surface area is 40.6 Å². The van der Waals surface area contributed by atoms with E-state index < -0.39 is 17.5 Å². The van der Waals surface area contributed by atoms with Gasteiger partial charge < -0.3 is 5.72 Å². The van der Waals surface area contributed by atoms with Crippen molar-refractivity contribution in [2.75, 3.05) is 5.83 Å². The number of halogens is 1. The van der Waals surface area contributed by atoms with Crippen molar-refractivity contribution < 1.29 is 10.4 Å². The lowest BCUT2D eigenvalue weighted by molar-refractivity contribution is -0.115. The van der Waals surface area contributed by atoms with Crippen LogP contribution in [-0.4, -0.2) is 11.7 Å². The van der Waals surface area contributed by atoms with Crippen LogP contribution in [0.3, 0.4) is 0 Å². The van der Waals surface area contributed by atoms with Crippen LogP contribution in [0, 0.1) is 0 Å². The molecule has 0 bridgehead atoms. The SMILES string of the molecule is [2H]N([2H])C(=O)C([2H])([2H])Cl. The van der Waals surface area contributed by atoms with Gasteiger partial charge in [0.2, 0.25) is 5.91 Å². The van der Waals surface area contributed by atoms with E-state index in [0.717, 1.165) is 0 Å². The molecule has 5 heavy (non-hydrogen) atoms. The first-order valence-electron chi connectivity index (χ1n) is 2.76. The molecule has 0 unspecified atom stereocenters. The summed E-state index contributed by atoms with van der Waals surface area (Å²) in [6, 6.07) is 0. The molecule has 0 spiro atoms. The van der Waals surface area contributed by atoms with E-state index in [1.165, 1.54) is 0 Å². The van der Waals surface area contributed by atoms with E-state index in [9.17, 15) is 4.79 Å². The van der Waals surface area contributed by atoms with Gasteiger partial charge in [-0.1, -0.05) is 0 Å². The Bertz CT molecular complexity index is 120. The van der Waals surface area contributed by atoms with E-state index in [2.05, 4.69) is 0 Å². The smallest absolute Gasteiger partial charge is 0.232 e. The van der Waals surface area contributed by atoms with Crippen LogP contribution in [0.25, 0.3) is 0 Å². The first-order chi connectivity index (χ1) is 3.85. The van der Waals surface area contributed by atoms with Crippen molar-refractivity contribution in [2.45, 2.75) is 0 Å². The normalized spacial score (nSPS) is 21.0. The standard InChI is InChI=1S/C2H4ClNO/c3-1-2(4)5/h1H2,(H2,4,5)/i1D2/hD2. The van der Waals surface area contributed by atoms with Gasteiger partial charge in [0.25, 0.3) is 0 Å². The highest BCUT2D eigenvalue weighted by Crippen LogP contribution is 1.64. The first kappa shape index (κ1) is 1.12. The minimum Gasteiger partial charge on any atom is -0.369 e. The van der Waals surface area contributed by atoms with E-state index in [1.807, 2.05) is 0 Å². The molecule has 0 aromatic carbocycles. The topological polar surface area (TPSA) is 43.1 Å². The Morgan fingerprint density at radius 3 is 3.20 bits per heavy atom. The molecule has 0 saturated carbocycles. The van der Waals surface area contributed by atoms with Crippen molar-refractivity contribution in [3.63, 3.8) is 0 Å². The molecule has 30 valence electrons. The van der Waals surface area contributed by atoms with Gasteiger partial charge in [-0.15, -0.1) is 11.6 Å². The molecule has 0 aliphatic heterocycles. The van der Waals surface area contributed by atoms with Crippen molar-refractivity contribution in [3.8, 4) is 0 Å². The fourth-order valence-electron chi connectivity index (χ4n) is 0. The van der Waals surface area contributed by atoms with Crippen molar-refractivity contribution in [3.05, 3.63) is 0 Å². The molecule has 0 saturated heterocycles. The molecule has 0 aromatic heterocycles. The molecular formula is C2H4ClNO. The fraction of sp³-hybridized carbons (Fsp3) is 0.500. The Kier molecular flexibility index (Phi) is 0.453. The number of alkyl halides is 1. The second-order valence-corrected chi connectivity index (χ2v) is 0.589. The largest absolute Gasteiger partial charge is 0.369 e. The summed E-state index contributed by atoms with van der Waals surface area (Å²) >= 11 is 4.78. The quantitative estimate of drug-likeness (QED) is 0.449. The molecule has 2 N–H and O–H groups in total. The minimum atomic E-state index is -2.64. The summed E-state index contributed by atoms with van der Waals surface area (Å²) in [5.41, 5.74) is -0.396. The van der Waals surface area contributed by atoms with Crippen LogP contribution in [0.2, 0.25) is 2.82 Å². The van der Waals surface area contributed by atoms with Gasteiger partial charge in [-0.2, -0.15) is 0 Å². The lowest BCUT2D eigenvalue weighted by atomic mass is 10.8. The maximum Gasteiger partial charge on any atom is 0.232 e. The summed E-state index contributed by atoms with van der Waals surface area (Å²) in [4.78, 5) is 10.2. The van der Waals surface area contributed by atoms with Crippen LogP contribution in [0.1, 0.15) is 2.74 Å². The van der Waals surface area contributed by atoms with Gasteiger partial charge in [0.05, 0.1) is 2.74 Å². The van der Waals surface area contributed by atoms with Crippen LogP contribution in [0.15, 0.2) is 0 Å². The van der Waals surface area contributed by atoms with E-state index >= 15 is 0 Å². The van der Waals surface area contributed by atoms with Crippen LogP contribution in [-0.2, 0) is 4.79 Å². The summed E-state index contributed by atoms with van der Waals surface area (Å²) in [6.45, 7) is 0. The first-order valence-corrected chi connectivity index (χ1v) is 1.24. The van der Waals surface area contributed by atoms with E-state index in [4.69, 9.17) is 17.2 Å². The molecule has 0 rings (SSSR count). The Hall–Kier alpha value is -0.240. The van der Waals surface area contributed by atoms with Crippen molar-refractivity contribution in [1.82, 2.24) is 0 Å². The van der Waals surface area contributed by atoms with E-state index in [1.54, 1.807) is 0 Å². The second-order valence-electron chi connectivity index (χ2n) is 0.400. The molecule has 0 aromatic rings. The third-order valence-electron chi connectivity index (χ3n) is 0.0808. The number of nitrogens with two attached hydrogens (primary N) is 1. The van der Waals surface area contributed by atoms with Crippen molar-refractivity contribution >= 4 is 17.5 Å². The third-order valence-corrected chi connectivity index (χ3v) is 0.243. The Morgan fingerprint density at radius 2 is 3.20 bits per heavy atom. The lowest BCUT2D eigenvalue weighted by Gasteiger charge is -1.71. The molecule has 0 atom stereocenters. The molecular weight excluding hydrogens is 89.5 g/mol. The van der Waals surface area contributed by atoms with E-state index in [-0.39, 0.29) is 0 Å². The van der Waals surface area contributed by atoms with Crippen LogP contribution in [0.4, 0.5) is 0 Å². The number of hydrogen-bond donors (Lipinski definition) is 1. The number of rotatable bonds is 1. The van der Waals surface area contributed by atoms with Gasteiger partial charge in [-0.25, -0.2) is 0 Å². The van der Waals surface area contributed by atoms with Crippen LogP contribution >= 0.6 is 11.6 Å². The highest BCUT2D eigenvalue weighted by molar-refractivity contribution is 6.27. The highest BCUT2D eigenvalue weighted by Gasteiger charge is 1.79. The monoisotopic (exact) mass is 97.0 g/mol. The van der Waals surface area contributed by atoms with Crippen molar-refractivity contribution in [2.24, 2.45) is 5.72 Å². The minimum absolute atomic E-state index is 0.396. The summed E-state index contributed by atoms with van der Waals surface area (Å²) in [7, 11) is 0. The molecule has 0 fully saturated rings. The zero-order chi connectivity index (χ0) is 7.65. The van der Waals surface area contributed by atoms with E-state index in [0.29, 0.717) is 0 Å². The average molecular weight is 97.5 g/mol. The maximum absolute atomic E-state index is 10.2. The third kappa shape index (κ3) is 3.76. The summed E-state index contributed by atoms with van der Waals surface area (Å²) in [5.74, 6) is -4.03. The zero-order valence-corrected chi connectivity index (χ0v) is 2.99. The van der Waals surface area contributed by atoms with Gasteiger partial charge >= 0.3 is 0 Å². The lowest BCUT2D eigenvalue weighted by Crippen LogP contribution is -2.10. The summed E-state index contributed by atoms with van der Waals surface area (Å²) < 4.78 is 25.5. The molecule has 0 heterocycles. The average Bonchev–Trinajstić information content (AvgIpc) is 1.62. The number of carbonyl (C=O) groups excluding carboxylic acids is 1. The number of carbonyl (C=O) groups is 1. The van der Waals surface area contributed by atoms with Gasteiger partial charge in [-0.05, 0) is 0 Å². The molecule has 3 heteroatoms. The molecule has 2 nitrogen and oxygen atoms in total. The summed E-state index contributed by atoms with van der Waals surface area (Å²) in [5, 5.41) is 0. The Morgan fingerprint density at radius 1 is 2.60 bits per heavy atom. The fourth-order valence-corrected chi connectivity index (χ4v) is 0. The van der Waals surface area contributed by atoms with Gasteiger partial charge in [0, 0.05) is 0 Å². The molecule has 0 aliphatic rings. The van der Waals surface area contributed by atoms with Crippen LogP contribution in [0.5, 0.6) is 0 Å². The number of primary amides is 1. The summed E-state index contributed by atoms with van der Waals surface area (Å²) in [6.07, 6.45) is 0. The van der Waals surface area contributed by atoms with Gasteiger partial charge in [0.15, 0.2) is 2.82 Å². The molecule has 0 radical (unpaired) electrons. The predicted molar refractivity (Wildman–Crippen MR) is 19.9 cm³/mol. The number of amides is 1. The van der Waals surface area contributed by atoms with Crippen molar-refractivity contribution in [1.29, 1.82) is 0 Å². The molecule has 0 aliphatic carbocycles. The van der Waals surface area contributed by atoms with Crippen LogP contribution < -0.4 is 5.72 Å². The zero-order valence-electron chi connectivity index (χ0n) is 6.23. The van der Waals surface area contributed by atoms with Gasteiger partial charge in [-0.3, -0.25) is 4.79 Å². The highest BCUT2D eigenvalue weighted by atomic mass is 35.5. The van der Waals surface area contributed by atoms with Gasteiger partial charge in [0.1, 0.15) is 5.83 Å². The maximum atomic E-state index is 10.2.